The molecule has 0 aliphatic rings. The van der Waals surface area contributed by atoms with Gasteiger partial charge >= 0.3 is 0 Å². The first-order valence-corrected chi connectivity index (χ1v) is 11.3. The van der Waals surface area contributed by atoms with E-state index in [1.54, 1.807) is 26.2 Å². The Morgan fingerprint density at radius 3 is 2.38 bits per heavy atom. The monoisotopic (exact) mass is 436 g/mol. The zero-order valence-corrected chi connectivity index (χ0v) is 18.9. The van der Waals surface area contributed by atoms with Crippen molar-refractivity contribution >= 4 is 27.6 Å². The van der Waals surface area contributed by atoms with Gasteiger partial charge in [-0.05, 0) is 55.7 Å². The van der Waals surface area contributed by atoms with E-state index in [1.807, 2.05) is 50.2 Å². The zero-order chi connectivity index (χ0) is 21.4. The van der Waals surface area contributed by atoms with Crippen LogP contribution < -0.4 is 10.6 Å². The molecule has 0 bridgehead atoms. The van der Waals surface area contributed by atoms with Crippen LogP contribution in [-0.4, -0.2) is 45.4 Å². The van der Waals surface area contributed by atoms with Crippen molar-refractivity contribution in [3.05, 3.63) is 64.7 Å². The minimum absolute atomic E-state index is 0.0948. The van der Waals surface area contributed by atoms with Crippen LogP contribution in [0.25, 0.3) is 0 Å². The second-order valence-electron chi connectivity index (χ2n) is 6.99. The summed E-state index contributed by atoms with van der Waals surface area (Å²) in [5, 5.41) is 7.23. The summed E-state index contributed by atoms with van der Waals surface area (Å²) in [5.74, 6) is 0.684. The molecule has 0 aromatic heterocycles. The Hall–Kier alpha value is -2.09. The van der Waals surface area contributed by atoms with E-state index >= 15 is 0 Å². The molecular weight excluding hydrogens is 408 g/mol. The number of hydrogen-bond donors (Lipinski definition) is 2. The van der Waals surface area contributed by atoms with Crippen molar-refractivity contribution in [2.24, 2.45) is 4.99 Å². The minimum Gasteiger partial charge on any atom is -0.356 e. The van der Waals surface area contributed by atoms with E-state index in [-0.39, 0.29) is 6.04 Å². The average Bonchev–Trinajstić information content (AvgIpc) is 2.70. The fourth-order valence-electron chi connectivity index (χ4n) is 2.65. The van der Waals surface area contributed by atoms with Crippen molar-refractivity contribution in [2.45, 2.75) is 37.8 Å². The van der Waals surface area contributed by atoms with Gasteiger partial charge in [-0.15, -0.1) is 0 Å². The van der Waals surface area contributed by atoms with E-state index in [0.717, 1.165) is 29.1 Å². The molecule has 0 amide bonds. The van der Waals surface area contributed by atoms with Gasteiger partial charge in [0.05, 0.1) is 4.90 Å². The van der Waals surface area contributed by atoms with Crippen LogP contribution in [0, 0.1) is 0 Å². The van der Waals surface area contributed by atoms with Crippen molar-refractivity contribution in [3.63, 3.8) is 0 Å². The van der Waals surface area contributed by atoms with Crippen molar-refractivity contribution in [3.8, 4) is 0 Å². The van der Waals surface area contributed by atoms with Crippen LogP contribution in [0.15, 0.2) is 58.4 Å². The number of benzene rings is 2. The first-order chi connectivity index (χ1) is 13.7. The van der Waals surface area contributed by atoms with E-state index in [2.05, 4.69) is 15.6 Å². The summed E-state index contributed by atoms with van der Waals surface area (Å²) in [5.41, 5.74) is 2.12. The number of hydrogen-bond acceptors (Lipinski definition) is 3. The summed E-state index contributed by atoms with van der Waals surface area (Å²) in [6.07, 6.45) is 0.831. The molecule has 0 heterocycles. The summed E-state index contributed by atoms with van der Waals surface area (Å²) >= 11 is 6.01. The summed E-state index contributed by atoms with van der Waals surface area (Å²) < 4.78 is 26.4. The van der Waals surface area contributed by atoms with Gasteiger partial charge in [-0.25, -0.2) is 8.42 Å². The van der Waals surface area contributed by atoms with Crippen molar-refractivity contribution in [1.82, 2.24) is 14.9 Å². The molecule has 0 aliphatic heterocycles. The number of guanidine groups is 1. The van der Waals surface area contributed by atoms with Crippen LogP contribution in [0.3, 0.4) is 0 Å². The number of sulfonamides is 1. The smallest absolute Gasteiger partial charge is 0.243 e. The largest absolute Gasteiger partial charge is 0.356 e. The number of aliphatic imine (C=N–C) groups is 1. The maximum Gasteiger partial charge on any atom is 0.243 e. The van der Waals surface area contributed by atoms with E-state index in [4.69, 9.17) is 11.6 Å². The highest BCUT2D eigenvalue weighted by Crippen LogP contribution is 2.17. The fraction of sp³-hybridized carbons (Fsp3) is 0.381. The second-order valence-corrected chi connectivity index (χ2v) is 9.43. The van der Waals surface area contributed by atoms with Crippen molar-refractivity contribution in [1.29, 1.82) is 0 Å². The van der Waals surface area contributed by atoms with Gasteiger partial charge in [-0.3, -0.25) is 4.99 Å². The highest BCUT2D eigenvalue weighted by molar-refractivity contribution is 7.89. The molecule has 6 nitrogen and oxygen atoms in total. The second kappa shape index (κ2) is 10.6. The van der Waals surface area contributed by atoms with Gasteiger partial charge in [0.2, 0.25) is 10.0 Å². The molecule has 0 radical (unpaired) electrons. The molecule has 2 N–H and O–H groups in total. The van der Waals surface area contributed by atoms with Gasteiger partial charge in [0.1, 0.15) is 0 Å². The lowest BCUT2D eigenvalue weighted by molar-refractivity contribution is 0.410. The fourth-order valence-corrected chi connectivity index (χ4v) is 4.23. The normalized spacial score (nSPS) is 12.4. The van der Waals surface area contributed by atoms with E-state index in [1.165, 1.54) is 4.31 Å². The van der Waals surface area contributed by atoms with Gasteiger partial charge in [-0.1, -0.05) is 35.9 Å². The number of rotatable bonds is 8. The van der Waals surface area contributed by atoms with Crippen LogP contribution in [0.1, 0.15) is 25.0 Å². The topological polar surface area (TPSA) is 73.8 Å². The lowest BCUT2D eigenvalue weighted by Crippen LogP contribution is -2.37. The van der Waals surface area contributed by atoms with Crippen LogP contribution in [0.2, 0.25) is 5.02 Å². The molecule has 2 aromatic carbocycles. The van der Waals surface area contributed by atoms with Crippen LogP contribution in [-0.2, 0) is 23.0 Å². The highest BCUT2D eigenvalue weighted by Gasteiger charge is 2.22. The van der Waals surface area contributed by atoms with Crippen LogP contribution >= 0.6 is 11.6 Å². The third-order valence-corrected chi connectivity index (χ3v) is 6.89. The van der Waals surface area contributed by atoms with Gasteiger partial charge in [0.25, 0.3) is 0 Å². The maximum absolute atomic E-state index is 12.5. The Morgan fingerprint density at radius 2 is 1.79 bits per heavy atom. The molecule has 0 saturated carbocycles. The quantitative estimate of drug-likeness (QED) is 0.492. The van der Waals surface area contributed by atoms with Crippen molar-refractivity contribution in [2.75, 3.05) is 20.6 Å². The molecule has 0 fully saturated rings. The standard InChI is InChI=1S/C21H29ClN4O2S/c1-16(2)26(4)29(27,28)20-10-8-18(9-11-20)15-25-21(23-3)24-13-12-17-6-5-7-19(22)14-17/h5-11,14,16H,12-13,15H2,1-4H3,(H2,23,24,25). The molecule has 0 unspecified atom stereocenters. The van der Waals surface area contributed by atoms with E-state index < -0.39 is 10.0 Å². The lowest BCUT2D eigenvalue weighted by atomic mass is 10.1. The molecule has 0 aliphatic carbocycles. The summed E-state index contributed by atoms with van der Waals surface area (Å²) in [6.45, 7) is 4.96. The molecular formula is C21H29ClN4O2S. The Labute approximate surface area is 179 Å². The molecule has 0 spiro atoms. The molecule has 0 saturated heterocycles. The predicted molar refractivity (Wildman–Crippen MR) is 120 cm³/mol. The van der Waals surface area contributed by atoms with Gasteiger partial charge < -0.3 is 10.6 Å². The minimum atomic E-state index is -3.46. The summed E-state index contributed by atoms with van der Waals surface area (Å²) in [6, 6.07) is 14.6. The predicted octanol–water partition coefficient (Wildman–Crippen LogP) is 3.28. The third kappa shape index (κ3) is 6.73. The lowest BCUT2D eigenvalue weighted by Gasteiger charge is -2.21. The average molecular weight is 437 g/mol. The summed E-state index contributed by atoms with van der Waals surface area (Å²) in [7, 11) is -0.159. The third-order valence-electron chi connectivity index (χ3n) is 4.61. The Bertz CT molecular complexity index is 928. The molecule has 2 aromatic rings. The van der Waals surface area contributed by atoms with Gasteiger partial charge in [-0.2, -0.15) is 4.31 Å². The SMILES string of the molecule is CN=C(NCCc1cccc(Cl)c1)NCc1ccc(S(=O)(=O)N(C)C(C)C)cc1. The Morgan fingerprint density at radius 1 is 1.10 bits per heavy atom. The number of nitrogens with one attached hydrogen (secondary N) is 2. The zero-order valence-electron chi connectivity index (χ0n) is 17.3. The Kier molecular flexibility index (Phi) is 8.49. The van der Waals surface area contributed by atoms with Crippen LogP contribution in [0.4, 0.5) is 0 Å². The molecule has 158 valence electrons. The van der Waals surface area contributed by atoms with Crippen molar-refractivity contribution < 1.29 is 8.42 Å². The molecule has 2 rings (SSSR count). The Balaban J connectivity index is 1.88. The maximum atomic E-state index is 12.5. The molecule has 0 atom stereocenters. The number of halogens is 1. The van der Waals surface area contributed by atoms with E-state index in [9.17, 15) is 8.42 Å². The first kappa shape index (κ1) is 23.2. The molecule has 29 heavy (non-hydrogen) atoms. The van der Waals surface area contributed by atoms with Crippen LogP contribution in [0.5, 0.6) is 0 Å². The van der Waals surface area contributed by atoms with Gasteiger partial charge in [0, 0.05) is 38.2 Å². The summed E-state index contributed by atoms with van der Waals surface area (Å²) in [4.78, 5) is 4.51. The van der Waals surface area contributed by atoms with Gasteiger partial charge in [0.15, 0.2) is 5.96 Å². The van der Waals surface area contributed by atoms with E-state index in [0.29, 0.717) is 17.4 Å². The highest BCUT2D eigenvalue weighted by atomic mass is 35.5. The first-order valence-electron chi connectivity index (χ1n) is 9.50. The number of nitrogens with zero attached hydrogens (tertiary/aromatic N) is 2. The molecule has 8 heteroatoms.